The highest BCUT2D eigenvalue weighted by molar-refractivity contribution is 5.78. The minimum atomic E-state index is -0.457. The lowest BCUT2D eigenvalue weighted by Gasteiger charge is -2.40. The van der Waals surface area contributed by atoms with Crippen molar-refractivity contribution in [1.29, 1.82) is 0 Å². The zero-order chi connectivity index (χ0) is 16.3. The maximum absolute atomic E-state index is 11.8. The van der Waals surface area contributed by atoms with Crippen LogP contribution in [0, 0.1) is 0 Å². The van der Waals surface area contributed by atoms with Gasteiger partial charge in [0, 0.05) is 32.2 Å². The Morgan fingerprint density at radius 3 is 2.36 bits per heavy atom. The molecule has 0 radical (unpaired) electrons. The van der Waals surface area contributed by atoms with Gasteiger partial charge in [-0.2, -0.15) is 0 Å². The summed E-state index contributed by atoms with van der Waals surface area (Å²) < 4.78 is 5.30. The Morgan fingerprint density at radius 2 is 1.82 bits per heavy atom. The first-order valence-electron chi connectivity index (χ1n) is 8.22. The number of amides is 2. The SMILES string of the molecule is CN1CCN(C2CCC(NC(=O)OC(C)(C)C)CC2)CC1=O. The first kappa shape index (κ1) is 17.1. The number of alkyl carbamates (subject to hydrolysis) is 1. The molecule has 1 saturated carbocycles. The molecule has 0 atom stereocenters. The molecule has 0 unspecified atom stereocenters. The van der Waals surface area contributed by atoms with E-state index in [9.17, 15) is 9.59 Å². The molecule has 2 aliphatic rings. The van der Waals surface area contributed by atoms with Crippen molar-refractivity contribution in [2.45, 2.75) is 64.1 Å². The monoisotopic (exact) mass is 311 g/mol. The largest absolute Gasteiger partial charge is 0.444 e. The summed E-state index contributed by atoms with van der Waals surface area (Å²) in [6, 6.07) is 0.656. The number of nitrogens with one attached hydrogen (secondary N) is 1. The van der Waals surface area contributed by atoms with E-state index in [2.05, 4.69) is 10.2 Å². The lowest BCUT2D eigenvalue weighted by Crippen LogP contribution is -2.53. The number of nitrogens with zero attached hydrogens (tertiary/aromatic N) is 2. The molecule has 1 aliphatic carbocycles. The second kappa shape index (κ2) is 6.86. The van der Waals surface area contributed by atoms with E-state index >= 15 is 0 Å². The molecule has 0 bridgehead atoms. The Labute approximate surface area is 133 Å². The number of hydrogen-bond acceptors (Lipinski definition) is 4. The second-order valence-corrected chi connectivity index (χ2v) is 7.44. The highest BCUT2D eigenvalue weighted by Crippen LogP contribution is 2.24. The molecular weight excluding hydrogens is 282 g/mol. The maximum Gasteiger partial charge on any atom is 0.407 e. The standard InChI is InChI=1S/C16H29N3O3/c1-16(2,3)22-15(21)17-12-5-7-13(8-6-12)19-10-9-18(4)14(20)11-19/h12-13H,5-11H2,1-4H3,(H,17,21). The molecule has 22 heavy (non-hydrogen) atoms. The summed E-state index contributed by atoms with van der Waals surface area (Å²) in [5.41, 5.74) is -0.457. The van der Waals surface area contributed by atoms with E-state index in [1.54, 1.807) is 4.90 Å². The molecule has 2 fully saturated rings. The number of carbonyl (C=O) groups is 2. The van der Waals surface area contributed by atoms with Gasteiger partial charge in [0.1, 0.15) is 5.60 Å². The number of likely N-dealkylation sites (N-methyl/N-ethyl adjacent to an activating group) is 1. The number of carbonyl (C=O) groups excluding carboxylic acids is 2. The smallest absolute Gasteiger partial charge is 0.407 e. The van der Waals surface area contributed by atoms with Crippen molar-refractivity contribution in [2.24, 2.45) is 0 Å². The molecule has 2 amide bonds. The van der Waals surface area contributed by atoms with Gasteiger partial charge in [-0.25, -0.2) is 4.79 Å². The zero-order valence-corrected chi connectivity index (χ0v) is 14.2. The van der Waals surface area contributed by atoms with Crippen LogP contribution in [-0.2, 0) is 9.53 Å². The van der Waals surface area contributed by atoms with Crippen molar-refractivity contribution in [3.05, 3.63) is 0 Å². The first-order chi connectivity index (χ1) is 10.2. The van der Waals surface area contributed by atoms with Crippen molar-refractivity contribution in [3.8, 4) is 0 Å². The molecule has 1 aliphatic heterocycles. The lowest BCUT2D eigenvalue weighted by molar-refractivity contribution is -0.135. The maximum atomic E-state index is 11.8. The third-order valence-electron chi connectivity index (χ3n) is 4.42. The molecule has 0 aromatic heterocycles. The van der Waals surface area contributed by atoms with Crippen LogP contribution in [0.5, 0.6) is 0 Å². The summed E-state index contributed by atoms with van der Waals surface area (Å²) in [6.07, 6.45) is 3.62. The summed E-state index contributed by atoms with van der Waals surface area (Å²) in [5.74, 6) is 0.209. The van der Waals surface area contributed by atoms with E-state index in [1.165, 1.54) is 0 Å². The van der Waals surface area contributed by atoms with E-state index < -0.39 is 5.60 Å². The quantitative estimate of drug-likeness (QED) is 0.841. The predicted molar refractivity (Wildman–Crippen MR) is 84.6 cm³/mol. The molecular formula is C16H29N3O3. The average Bonchev–Trinajstić information content (AvgIpc) is 2.40. The van der Waals surface area contributed by atoms with Gasteiger partial charge in [-0.1, -0.05) is 0 Å². The third-order valence-corrected chi connectivity index (χ3v) is 4.42. The Morgan fingerprint density at radius 1 is 1.18 bits per heavy atom. The molecule has 1 N–H and O–H groups in total. The van der Waals surface area contributed by atoms with Crippen LogP contribution in [0.2, 0.25) is 0 Å². The van der Waals surface area contributed by atoms with E-state index in [0.717, 1.165) is 38.8 Å². The number of hydrogen-bond donors (Lipinski definition) is 1. The summed E-state index contributed by atoms with van der Waals surface area (Å²) >= 11 is 0. The van der Waals surface area contributed by atoms with Gasteiger partial charge in [-0.15, -0.1) is 0 Å². The fourth-order valence-corrected chi connectivity index (χ4v) is 3.15. The van der Waals surface area contributed by atoms with Crippen LogP contribution in [0.4, 0.5) is 4.79 Å². The van der Waals surface area contributed by atoms with Crippen LogP contribution in [-0.4, -0.2) is 66.2 Å². The predicted octanol–water partition coefficient (Wildman–Crippen LogP) is 1.60. The minimum Gasteiger partial charge on any atom is -0.444 e. The zero-order valence-electron chi connectivity index (χ0n) is 14.2. The van der Waals surface area contributed by atoms with Gasteiger partial charge in [0.15, 0.2) is 0 Å². The molecule has 0 spiro atoms. The molecule has 126 valence electrons. The van der Waals surface area contributed by atoms with Crippen molar-refractivity contribution in [2.75, 3.05) is 26.7 Å². The highest BCUT2D eigenvalue weighted by atomic mass is 16.6. The first-order valence-corrected chi connectivity index (χ1v) is 8.22. The fourth-order valence-electron chi connectivity index (χ4n) is 3.15. The molecule has 1 saturated heterocycles. The number of piperazine rings is 1. The molecule has 6 heteroatoms. The second-order valence-electron chi connectivity index (χ2n) is 7.44. The normalized spacial score (nSPS) is 27.6. The molecule has 0 aromatic carbocycles. The van der Waals surface area contributed by atoms with Gasteiger partial charge in [-0.05, 0) is 46.5 Å². The molecule has 0 aromatic rings. The van der Waals surface area contributed by atoms with Crippen LogP contribution < -0.4 is 5.32 Å². The van der Waals surface area contributed by atoms with Gasteiger partial charge >= 0.3 is 6.09 Å². The van der Waals surface area contributed by atoms with E-state index in [1.807, 2.05) is 27.8 Å². The summed E-state index contributed by atoms with van der Waals surface area (Å²) in [7, 11) is 1.86. The van der Waals surface area contributed by atoms with Crippen LogP contribution >= 0.6 is 0 Å². The summed E-state index contributed by atoms with van der Waals surface area (Å²) in [6.45, 7) is 7.91. The van der Waals surface area contributed by atoms with Crippen LogP contribution in [0.3, 0.4) is 0 Å². The molecule has 6 nitrogen and oxygen atoms in total. The third kappa shape index (κ3) is 4.87. The molecule has 2 rings (SSSR count). The number of ether oxygens (including phenoxy) is 1. The minimum absolute atomic E-state index is 0.189. The van der Waals surface area contributed by atoms with Crippen molar-refractivity contribution in [1.82, 2.24) is 15.1 Å². The van der Waals surface area contributed by atoms with Gasteiger partial charge in [-0.3, -0.25) is 9.69 Å². The van der Waals surface area contributed by atoms with E-state index in [-0.39, 0.29) is 18.0 Å². The van der Waals surface area contributed by atoms with Crippen molar-refractivity contribution < 1.29 is 14.3 Å². The van der Waals surface area contributed by atoms with E-state index in [4.69, 9.17) is 4.74 Å². The van der Waals surface area contributed by atoms with Crippen LogP contribution in [0.15, 0.2) is 0 Å². The van der Waals surface area contributed by atoms with Crippen molar-refractivity contribution >= 4 is 12.0 Å². The van der Waals surface area contributed by atoms with Gasteiger partial charge in [0.05, 0.1) is 6.54 Å². The van der Waals surface area contributed by atoms with Crippen LogP contribution in [0.1, 0.15) is 46.5 Å². The Bertz CT molecular complexity index is 411. The van der Waals surface area contributed by atoms with Gasteiger partial charge in [0.25, 0.3) is 0 Å². The van der Waals surface area contributed by atoms with Gasteiger partial charge in [0.2, 0.25) is 5.91 Å². The Hall–Kier alpha value is -1.30. The Kier molecular flexibility index (Phi) is 5.32. The van der Waals surface area contributed by atoms with Crippen molar-refractivity contribution in [3.63, 3.8) is 0 Å². The highest BCUT2D eigenvalue weighted by Gasteiger charge is 2.31. The average molecular weight is 311 g/mol. The summed E-state index contributed by atoms with van der Waals surface area (Å²) in [4.78, 5) is 27.7. The van der Waals surface area contributed by atoms with E-state index in [0.29, 0.717) is 12.6 Å². The topological polar surface area (TPSA) is 61.9 Å². The van der Waals surface area contributed by atoms with Gasteiger partial charge < -0.3 is 15.0 Å². The number of rotatable bonds is 2. The lowest BCUT2D eigenvalue weighted by atomic mass is 9.90. The fraction of sp³-hybridized carbons (Fsp3) is 0.875. The molecule has 1 heterocycles. The van der Waals surface area contributed by atoms with Crippen LogP contribution in [0.25, 0.3) is 0 Å². The summed E-state index contributed by atoms with van der Waals surface area (Å²) in [5, 5.41) is 2.96. The Balaban J connectivity index is 1.74.